The number of nitrogens with one attached hydrogen (secondary N) is 1. The number of hydrogen-bond donors (Lipinski definition) is 4. The van der Waals surface area contributed by atoms with Crippen LogP contribution in [0.2, 0.25) is 0 Å². The summed E-state index contributed by atoms with van der Waals surface area (Å²) in [6.45, 7) is 13.8. The highest BCUT2D eigenvalue weighted by Gasteiger charge is 2.82. The molecule has 1 aromatic heterocycles. The summed E-state index contributed by atoms with van der Waals surface area (Å²) in [4.78, 5) is 72.0. The molecule has 17 heteroatoms. The summed E-state index contributed by atoms with van der Waals surface area (Å²) in [6.07, 6.45) is 12.2. The highest BCUT2D eigenvalue weighted by molar-refractivity contribution is 6.02. The molecule has 1 amide bonds. The summed E-state index contributed by atoms with van der Waals surface area (Å²) in [5, 5.41) is 25.7. The SMILES string of the molecule is CC1(C)O[C@@H]2CC3C4CCC5=CC(=O)C=CC5(C)[C@@]4(F)[C@@H](O)CC3(C)[C@]2(C(=O)CN)O1.CC1(C)O[C@@H]2CC3C4CCC5=CC(=O)C=CC5(C)[C@@]4(F)[C@@H](O)CC3(C)[C@]2(C(=O)CNC(=O)c2cnccn2)O1. The number of nitrogens with zero attached hydrogens (tertiary/aromatic N) is 2. The standard InChI is InChI=1S/C29H34FN3O6.C24H32FNO5/c1-25(2)38-23-12-19-18-6-5-16-11-17(34)7-8-26(16,3)28(18,30)21(35)13-27(19,4)29(23,39-25)22(36)15-33-24(37)20-14-31-9-10-32-20;1-20(2)30-19-10-16-15-6-5-13-9-14(27)7-8-21(13,3)23(15,25)17(28)11-22(16,4)24(19,31-20)18(29)12-26/h7-11,14,18-19,21,23,35H,5-6,12-13,15H2,1-4H3,(H,33,37);7-9,15-17,19,28H,5-6,10-12,26H2,1-4H3/t18?,19?,21-,23+,26?,27?,28-,29+;15?,16?,17-,19+,21?,22?,23-,24+/m00/s1. The maximum atomic E-state index is 17.5. The van der Waals surface area contributed by atoms with Crippen LogP contribution in [0.15, 0.2) is 66.2 Å². The summed E-state index contributed by atoms with van der Waals surface area (Å²) < 4.78 is 59.9. The van der Waals surface area contributed by atoms with Crippen LogP contribution in [0.4, 0.5) is 8.78 Å². The van der Waals surface area contributed by atoms with Gasteiger partial charge in [-0.3, -0.25) is 29.0 Å². The Balaban J connectivity index is 0.000000166. The molecule has 378 valence electrons. The summed E-state index contributed by atoms with van der Waals surface area (Å²) in [5.41, 5.74) is -3.42. The van der Waals surface area contributed by atoms with Crippen molar-refractivity contribution in [3.63, 3.8) is 0 Å². The number of aliphatic hydroxyl groups is 2. The first-order valence-electron chi connectivity index (χ1n) is 24.8. The Bertz CT molecular complexity index is 2590. The first-order valence-corrected chi connectivity index (χ1v) is 24.8. The monoisotopic (exact) mass is 972 g/mol. The van der Waals surface area contributed by atoms with Gasteiger partial charge < -0.3 is 40.2 Å². The lowest BCUT2D eigenvalue weighted by molar-refractivity contribution is -0.245. The van der Waals surface area contributed by atoms with Gasteiger partial charge in [0.15, 0.2) is 57.2 Å². The third-order valence-electron chi connectivity index (χ3n) is 19.5. The number of ketones is 4. The van der Waals surface area contributed by atoms with Gasteiger partial charge in [-0.05, 0) is 129 Å². The predicted octanol–water partition coefficient (Wildman–Crippen LogP) is 5.03. The lowest BCUT2D eigenvalue weighted by atomic mass is 9.44. The van der Waals surface area contributed by atoms with E-state index in [0.717, 1.165) is 5.57 Å². The number of fused-ring (bicyclic) bond motifs is 14. The Morgan fingerprint density at radius 3 is 1.60 bits per heavy atom. The average Bonchev–Trinajstić information content (AvgIpc) is 3.91. The van der Waals surface area contributed by atoms with E-state index in [1.54, 1.807) is 53.7 Å². The van der Waals surface area contributed by atoms with Crippen molar-refractivity contribution in [1.29, 1.82) is 0 Å². The third-order valence-corrected chi connectivity index (χ3v) is 19.5. The van der Waals surface area contributed by atoms with Gasteiger partial charge in [0.1, 0.15) is 5.69 Å². The van der Waals surface area contributed by atoms with Gasteiger partial charge in [-0.15, -0.1) is 0 Å². The zero-order chi connectivity index (χ0) is 50.6. The lowest BCUT2D eigenvalue weighted by Crippen LogP contribution is -2.70. The molecule has 16 atom stereocenters. The molecule has 0 bridgehead atoms. The molecule has 15 nitrogen and oxygen atoms in total. The first kappa shape index (κ1) is 49.4. The molecule has 2 aliphatic heterocycles. The van der Waals surface area contributed by atoms with E-state index in [0.29, 0.717) is 44.1 Å². The largest absolute Gasteiger partial charge is 0.390 e. The molecule has 0 aromatic carbocycles. The molecule has 0 radical (unpaired) electrons. The molecule has 10 aliphatic rings. The summed E-state index contributed by atoms with van der Waals surface area (Å²) >= 11 is 0. The van der Waals surface area contributed by atoms with Crippen LogP contribution in [0.5, 0.6) is 0 Å². The number of rotatable bonds is 6. The van der Waals surface area contributed by atoms with Gasteiger partial charge in [0.2, 0.25) is 0 Å². The van der Waals surface area contributed by atoms with Gasteiger partial charge in [0.05, 0.1) is 43.7 Å². The van der Waals surface area contributed by atoms with E-state index in [2.05, 4.69) is 15.3 Å². The minimum absolute atomic E-state index is 0.0326. The molecule has 8 fully saturated rings. The number of aliphatic hydroxyl groups excluding tert-OH is 2. The number of Topliss-reactive ketones (excluding diaryl/α,β-unsaturated/α-hetero) is 2. The van der Waals surface area contributed by atoms with Crippen molar-refractivity contribution in [2.45, 2.75) is 165 Å². The average molecular weight is 973 g/mol. The Kier molecular flexibility index (Phi) is 11.0. The number of hydrogen-bond acceptors (Lipinski definition) is 14. The number of carbonyl (C=O) groups is 5. The number of alkyl halides is 2. The number of carbonyl (C=O) groups excluding carboxylic acids is 5. The Labute approximate surface area is 406 Å². The number of nitrogens with two attached hydrogens (primary N) is 1. The molecule has 3 heterocycles. The van der Waals surface area contributed by atoms with E-state index in [4.69, 9.17) is 24.7 Å². The van der Waals surface area contributed by atoms with Gasteiger partial charge >= 0.3 is 0 Å². The zero-order valence-electron chi connectivity index (χ0n) is 41.2. The molecule has 6 saturated carbocycles. The minimum Gasteiger partial charge on any atom is -0.390 e. The molecule has 8 aliphatic carbocycles. The Hall–Kier alpha value is -4.23. The topological polar surface area (TPSA) is 227 Å². The third kappa shape index (κ3) is 6.23. The van der Waals surface area contributed by atoms with Crippen molar-refractivity contribution in [1.82, 2.24) is 15.3 Å². The molecule has 11 rings (SSSR count). The molecule has 5 N–H and O–H groups in total. The highest BCUT2D eigenvalue weighted by atomic mass is 19.1. The summed E-state index contributed by atoms with van der Waals surface area (Å²) in [6, 6.07) is 0. The number of aromatic nitrogens is 2. The number of ether oxygens (including phenoxy) is 4. The highest BCUT2D eigenvalue weighted by Crippen LogP contribution is 2.74. The van der Waals surface area contributed by atoms with E-state index < -0.39 is 97.9 Å². The van der Waals surface area contributed by atoms with Crippen LogP contribution < -0.4 is 11.1 Å². The number of amides is 1. The van der Waals surface area contributed by atoms with E-state index in [-0.39, 0.29) is 66.6 Å². The fourth-order valence-electron chi connectivity index (χ4n) is 16.6. The van der Waals surface area contributed by atoms with Gasteiger partial charge in [-0.25, -0.2) is 13.8 Å². The second kappa shape index (κ2) is 15.6. The van der Waals surface area contributed by atoms with Gasteiger partial charge in [0, 0.05) is 45.9 Å². The van der Waals surface area contributed by atoms with Crippen molar-refractivity contribution >= 4 is 29.0 Å². The molecule has 8 unspecified atom stereocenters. The maximum Gasteiger partial charge on any atom is 0.271 e. The molecular weight excluding hydrogens is 907 g/mol. The molecular formula is C53H66F2N4O11. The second-order valence-corrected chi connectivity index (χ2v) is 23.5. The summed E-state index contributed by atoms with van der Waals surface area (Å²) in [7, 11) is 0. The van der Waals surface area contributed by atoms with Crippen LogP contribution in [0.3, 0.4) is 0 Å². The van der Waals surface area contributed by atoms with E-state index in [1.807, 2.05) is 13.8 Å². The van der Waals surface area contributed by atoms with Crippen LogP contribution in [-0.2, 0) is 38.1 Å². The quantitative estimate of drug-likeness (QED) is 0.294. The van der Waals surface area contributed by atoms with Gasteiger partial charge in [0.25, 0.3) is 5.91 Å². The summed E-state index contributed by atoms with van der Waals surface area (Å²) in [5.74, 6) is -5.19. The minimum atomic E-state index is -2.03. The van der Waals surface area contributed by atoms with Crippen LogP contribution in [0.1, 0.15) is 117 Å². The molecule has 0 spiro atoms. The number of halogens is 2. The van der Waals surface area contributed by atoms with Crippen molar-refractivity contribution in [2.24, 2.45) is 51.1 Å². The van der Waals surface area contributed by atoms with Crippen LogP contribution in [0, 0.1) is 45.3 Å². The van der Waals surface area contributed by atoms with Crippen molar-refractivity contribution < 1.29 is 61.9 Å². The van der Waals surface area contributed by atoms with Crippen molar-refractivity contribution in [2.75, 3.05) is 13.1 Å². The zero-order valence-corrected chi connectivity index (χ0v) is 41.2. The van der Waals surface area contributed by atoms with Crippen LogP contribution >= 0.6 is 0 Å². The lowest BCUT2D eigenvalue weighted by Gasteiger charge is -2.62. The van der Waals surface area contributed by atoms with Gasteiger partial charge in [-0.2, -0.15) is 0 Å². The van der Waals surface area contributed by atoms with E-state index >= 15 is 8.78 Å². The normalized spacial score (nSPS) is 47.3. The number of allylic oxidation sites excluding steroid dienone is 8. The maximum absolute atomic E-state index is 17.5. The van der Waals surface area contributed by atoms with Crippen LogP contribution in [0.25, 0.3) is 0 Å². The van der Waals surface area contributed by atoms with Crippen molar-refractivity contribution in [3.8, 4) is 0 Å². The van der Waals surface area contributed by atoms with Crippen molar-refractivity contribution in [3.05, 3.63) is 71.9 Å². The Morgan fingerprint density at radius 2 is 1.17 bits per heavy atom. The second-order valence-electron chi connectivity index (χ2n) is 23.5. The van der Waals surface area contributed by atoms with E-state index in [1.165, 1.54) is 42.9 Å². The van der Waals surface area contributed by atoms with E-state index in [9.17, 15) is 34.2 Å². The molecule has 1 aromatic rings. The molecule has 70 heavy (non-hydrogen) atoms. The predicted molar refractivity (Wildman–Crippen MR) is 246 cm³/mol. The molecule has 2 saturated heterocycles. The smallest absolute Gasteiger partial charge is 0.271 e. The van der Waals surface area contributed by atoms with Crippen LogP contribution in [-0.4, -0.2) is 121 Å². The fraction of sp³-hybridized carbons (Fsp3) is 0.679. The fourth-order valence-corrected chi connectivity index (χ4v) is 16.6. The first-order chi connectivity index (χ1) is 32.6. The van der Waals surface area contributed by atoms with Gasteiger partial charge in [-0.1, -0.05) is 37.1 Å². The Morgan fingerprint density at radius 1 is 0.714 bits per heavy atom.